The lowest BCUT2D eigenvalue weighted by Crippen LogP contribution is -2.48. The van der Waals surface area contributed by atoms with Crippen LogP contribution in [0, 0.1) is 0 Å². The molecule has 0 bridgehead atoms. The quantitative estimate of drug-likeness (QED) is 0.547. The first-order valence-corrected chi connectivity index (χ1v) is 10.1. The molecule has 2 aromatic heterocycles. The first kappa shape index (κ1) is 19.2. The van der Waals surface area contributed by atoms with Crippen LogP contribution >= 0.6 is 0 Å². The molecule has 8 heteroatoms. The largest absolute Gasteiger partial charge is 0.451 e. The van der Waals surface area contributed by atoms with E-state index in [-0.39, 0.29) is 17.1 Å². The predicted octanol–water partition coefficient (Wildman–Crippen LogP) is 2.28. The van der Waals surface area contributed by atoms with Crippen LogP contribution in [0.3, 0.4) is 0 Å². The van der Waals surface area contributed by atoms with Crippen LogP contribution in [0.1, 0.15) is 16.4 Å². The van der Waals surface area contributed by atoms with E-state index in [0.29, 0.717) is 55.3 Å². The second-order valence-electron chi connectivity index (χ2n) is 7.58. The number of nitrogens with zero attached hydrogens (tertiary/aromatic N) is 4. The number of nitrogens with two attached hydrogens (primary N) is 1. The minimum atomic E-state index is -0.270. The van der Waals surface area contributed by atoms with Gasteiger partial charge in [-0.25, -0.2) is 9.97 Å². The molecule has 1 aliphatic heterocycles. The van der Waals surface area contributed by atoms with Crippen molar-refractivity contribution in [2.24, 2.45) is 0 Å². The van der Waals surface area contributed by atoms with E-state index < -0.39 is 0 Å². The Bertz CT molecular complexity index is 1340. The van der Waals surface area contributed by atoms with Gasteiger partial charge in [0.15, 0.2) is 11.2 Å². The van der Waals surface area contributed by atoms with Crippen molar-refractivity contribution in [1.29, 1.82) is 0 Å². The van der Waals surface area contributed by atoms with E-state index in [9.17, 15) is 9.59 Å². The molecule has 3 heterocycles. The van der Waals surface area contributed by atoms with E-state index in [1.165, 1.54) is 6.07 Å². The van der Waals surface area contributed by atoms with Crippen LogP contribution in [0.5, 0.6) is 0 Å². The van der Waals surface area contributed by atoms with Crippen LogP contribution in [0.25, 0.3) is 21.9 Å². The lowest BCUT2D eigenvalue weighted by atomic mass is 10.2. The van der Waals surface area contributed by atoms with E-state index >= 15 is 0 Å². The topological polar surface area (TPSA) is 106 Å². The van der Waals surface area contributed by atoms with E-state index in [2.05, 4.69) is 14.9 Å². The molecule has 1 saturated heterocycles. The molecule has 0 atom stereocenters. The van der Waals surface area contributed by atoms with Crippen molar-refractivity contribution in [3.63, 3.8) is 0 Å². The smallest absolute Gasteiger partial charge is 0.289 e. The number of hydrogen-bond acceptors (Lipinski definition) is 7. The van der Waals surface area contributed by atoms with Crippen LogP contribution in [0.15, 0.2) is 63.8 Å². The third-order valence-corrected chi connectivity index (χ3v) is 5.55. The zero-order valence-corrected chi connectivity index (χ0v) is 16.8. The summed E-state index contributed by atoms with van der Waals surface area (Å²) in [5.74, 6) is 0.939. The second kappa shape index (κ2) is 7.81. The predicted molar refractivity (Wildman–Crippen MR) is 118 cm³/mol. The summed E-state index contributed by atoms with van der Waals surface area (Å²) in [6, 6.07) is 15.9. The minimum Gasteiger partial charge on any atom is -0.451 e. The summed E-state index contributed by atoms with van der Waals surface area (Å²) in [4.78, 5) is 38.1. The fourth-order valence-corrected chi connectivity index (χ4v) is 3.90. The van der Waals surface area contributed by atoms with E-state index in [0.717, 1.165) is 10.9 Å². The average Bonchev–Trinajstić information content (AvgIpc) is 2.79. The number of piperazine rings is 1. The van der Waals surface area contributed by atoms with Gasteiger partial charge < -0.3 is 15.1 Å². The van der Waals surface area contributed by atoms with Crippen molar-refractivity contribution in [2.45, 2.75) is 6.54 Å². The highest BCUT2D eigenvalue weighted by Gasteiger charge is 2.25. The Hall–Kier alpha value is -3.78. The minimum absolute atomic E-state index is 0.0720. The van der Waals surface area contributed by atoms with E-state index in [4.69, 9.17) is 10.2 Å². The number of anilines is 1. The van der Waals surface area contributed by atoms with Gasteiger partial charge in [0.25, 0.3) is 5.91 Å². The summed E-state index contributed by atoms with van der Waals surface area (Å²) in [6.07, 6.45) is 0. The first-order chi connectivity index (χ1) is 15.1. The van der Waals surface area contributed by atoms with Gasteiger partial charge in [-0.05, 0) is 24.3 Å². The monoisotopic (exact) mass is 415 g/mol. The van der Waals surface area contributed by atoms with Gasteiger partial charge in [-0.15, -0.1) is 0 Å². The normalized spacial score (nSPS) is 14.9. The van der Waals surface area contributed by atoms with Gasteiger partial charge in [0.1, 0.15) is 17.2 Å². The Morgan fingerprint density at radius 3 is 2.48 bits per heavy atom. The summed E-state index contributed by atoms with van der Waals surface area (Å²) < 4.78 is 5.70. The Labute approximate surface area is 177 Å². The lowest BCUT2D eigenvalue weighted by molar-refractivity contribution is 0.0595. The number of rotatable bonds is 3. The maximum absolute atomic E-state index is 12.9. The third-order valence-electron chi connectivity index (χ3n) is 5.55. The molecule has 0 saturated carbocycles. The standard InChI is InChI=1S/C23H21N5O3/c24-22-15-5-1-3-7-17(15)25-21(26-22)14-27-9-11-28(12-10-27)23(30)20-13-18(29)16-6-2-4-8-19(16)31-20/h1-8,13H,9-12,14H2,(H2,24,25,26). The van der Waals surface area contributed by atoms with Crippen LogP contribution in [0.4, 0.5) is 5.82 Å². The van der Waals surface area contributed by atoms with Gasteiger partial charge in [0, 0.05) is 37.6 Å². The highest BCUT2D eigenvalue weighted by Crippen LogP contribution is 2.19. The van der Waals surface area contributed by atoms with Crippen LogP contribution < -0.4 is 11.2 Å². The summed E-state index contributed by atoms with van der Waals surface area (Å²) in [5, 5.41) is 1.32. The Kier molecular flexibility index (Phi) is 4.83. The number of carbonyl (C=O) groups is 1. The molecule has 5 rings (SSSR count). The van der Waals surface area contributed by atoms with Crippen LogP contribution in [0.2, 0.25) is 0 Å². The maximum atomic E-state index is 12.9. The molecule has 0 spiro atoms. The van der Waals surface area contributed by atoms with Gasteiger partial charge in [-0.2, -0.15) is 0 Å². The van der Waals surface area contributed by atoms with Gasteiger partial charge in [-0.1, -0.05) is 24.3 Å². The molecule has 2 N–H and O–H groups in total. The molecule has 2 aromatic carbocycles. The fraction of sp³-hybridized carbons (Fsp3) is 0.217. The molecule has 4 aromatic rings. The maximum Gasteiger partial charge on any atom is 0.289 e. The third kappa shape index (κ3) is 3.73. The van der Waals surface area contributed by atoms with Crippen molar-refractivity contribution in [3.05, 3.63) is 76.4 Å². The van der Waals surface area contributed by atoms with Gasteiger partial charge >= 0.3 is 0 Å². The average molecular weight is 415 g/mol. The number of aromatic nitrogens is 2. The number of carbonyl (C=O) groups excluding carboxylic acids is 1. The number of para-hydroxylation sites is 2. The summed E-state index contributed by atoms with van der Waals surface area (Å²) in [7, 11) is 0. The molecule has 8 nitrogen and oxygen atoms in total. The van der Waals surface area contributed by atoms with Crippen LogP contribution in [-0.4, -0.2) is 51.9 Å². The molecule has 1 fully saturated rings. The van der Waals surface area contributed by atoms with E-state index in [1.54, 1.807) is 29.2 Å². The number of nitrogen functional groups attached to an aromatic ring is 1. The SMILES string of the molecule is Nc1nc(CN2CCN(C(=O)c3cc(=O)c4ccccc4o3)CC2)nc2ccccc12. The molecule has 31 heavy (non-hydrogen) atoms. The lowest BCUT2D eigenvalue weighted by Gasteiger charge is -2.34. The Morgan fingerprint density at radius 2 is 1.68 bits per heavy atom. The summed E-state index contributed by atoms with van der Waals surface area (Å²) >= 11 is 0. The molecular weight excluding hydrogens is 394 g/mol. The van der Waals surface area contributed by atoms with Gasteiger partial charge in [0.05, 0.1) is 17.4 Å². The van der Waals surface area contributed by atoms with Crippen molar-refractivity contribution in [1.82, 2.24) is 19.8 Å². The first-order valence-electron chi connectivity index (χ1n) is 10.1. The van der Waals surface area contributed by atoms with Crippen LogP contribution in [-0.2, 0) is 6.54 Å². The van der Waals surface area contributed by atoms with Crippen molar-refractivity contribution in [2.75, 3.05) is 31.9 Å². The number of hydrogen-bond donors (Lipinski definition) is 1. The zero-order chi connectivity index (χ0) is 21.4. The molecule has 1 amide bonds. The summed E-state index contributed by atoms with van der Waals surface area (Å²) in [5.41, 5.74) is 7.11. The fourth-order valence-electron chi connectivity index (χ4n) is 3.90. The second-order valence-corrected chi connectivity index (χ2v) is 7.58. The zero-order valence-electron chi connectivity index (χ0n) is 16.8. The molecule has 156 valence electrons. The Balaban J connectivity index is 1.27. The Morgan fingerprint density at radius 1 is 0.968 bits per heavy atom. The van der Waals surface area contributed by atoms with E-state index in [1.807, 2.05) is 24.3 Å². The summed E-state index contributed by atoms with van der Waals surface area (Å²) in [6.45, 7) is 2.94. The highest BCUT2D eigenvalue weighted by molar-refractivity contribution is 5.93. The molecule has 1 aliphatic rings. The molecule has 0 unspecified atom stereocenters. The van der Waals surface area contributed by atoms with Gasteiger partial charge in [0.2, 0.25) is 0 Å². The van der Waals surface area contributed by atoms with Crippen molar-refractivity contribution < 1.29 is 9.21 Å². The molecular formula is C23H21N5O3. The van der Waals surface area contributed by atoms with Crippen molar-refractivity contribution >= 4 is 33.6 Å². The van der Waals surface area contributed by atoms with Crippen molar-refractivity contribution in [3.8, 4) is 0 Å². The highest BCUT2D eigenvalue weighted by atomic mass is 16.3. The van der Waals surface area contributed by atoms with Gasteiger partial charge in [-0.3, -0.25) is 14.5 Å². The molecule has 0 radical (unpaired) electrons. The number of amides is 1. The molecule has 0 aliphatic carbocycles. The number of fused-ring (bicyclic) bond motifs is 2. The number of benzene rings is 2.